The van der Waals surface area contributed by atoms with Gasteiger partial charge in [-0.05, 0) is 25.5 Å². The van der Waals surface area contributed by atoms with Gasteiger partial charge in [-0.2, -0.15) is 0 Å². The lowest BCUT2D eigenvalue weighted by molar-refractivity contribution is -0.117. The molecule has 1 aromatic heterocycles. The van der Waals surface area contributed by atoms with Crippen molar-refractivity contribution in [2.75, 3.05) is 11.4 Å². The monoisotopic (exact) mass is 205 g/mol. The summed E-state index contributed by atoms with van der Waals surface area (Å²) in [6, 6.07) is 1.84. The second-order valence-electron chi connectivity index (χ2n) is 4.01. The Balaban J connectivity index is 2.38. The predicted molar refractivity (Wildman–Crippen MR) is 58.7 cm³/mol. The molecule has 4 heteroatoms. The van der Waals surface area contributed by atoms with Gasteiger partial charge in [-0.3, -0.25) is 9.78 Å². The maximum absolute atomic E-state index is 11.7. The largest absolute Gasteiger partial charge is 0.326 e. The van der Waals surface area contributed by atoms with Crippen molar-refractivity contribution in [3.63, 3.8) is 0 Å². The van der Waals surface area contributed by atoms with Gasteiger partial charge in [0.05, 0.1) is 0 Å². The highest BCUT2D eigenvalue weighted by molar-refractivity contribution is 5.96. The summed E-state index contributed by atoms with van der Waals surface area (Å²) in [5.74, 6) is 0.108. The Bertz CT molecular complexity index is 403. The summed E-state index contributed by atoms with van der Waals surface area (Å²) < 4.78 is 0. The molecule has 0 aliphatic carbocycles. The Morgan fingerprint density at radius 3 is 2.87 bits per heavy atom. The summed E-state index contributed by atoms with van der Waals surface area (Å²) in [5, 5.41) is 0. The molecule has 2 N–H and O–H groups in total. The van der Waals surface area contributed by atoms with E-state index in [1.54, 1.807) is 11.1 Å². The lowest BCUT2D eigenvalue weighted by Crippen LogP contribution is -2.28. The zero-order valence-corrected chi connectivity index (χ0v) is 9.03. The van der Waals surface area contributed by atoms with Crippen LogP contribution in [-0.4, -0.2) is 23.5 Å². The number of carbonyl (C=O) groups excluding carboxylic acids is 1. The topological polar surface area (TPSA) is 59.2 Å². The molecule has 4 nitrogen and oxygen atoms in total. The van der Waals surface area contributed by atoms with Crippen molar-refractivity contribution in [3.8, 4) is 0 Å². The molecule has 1 atom stereocenters. The fourth-order valence-electron chi connectivity index (χ4n) is 1.89. The van der Waals surface area contributed by atoms with E-state index in [9.17, 15) is 4.79 Å². The van der Waals surface area contributed by atoms with Crippen LogP contribution in [0.2, 0.25) is 0 Å². The molecular weight excluding hydrogens is 190 g/mol. The van der Waals surface area contributed by atoms with Crippen molar-refractivity contribution in [1.29, 1.82) is 0 Å². The van der Waals surface area contributed by atoms with Crippen LogP contribution in [0.4, 0.5) is 5.69 Å². The molecule has 1 aromatic rings. The lowest BCUT2D eigenvalue weighted by Gasteiger charge is -2.19. The van der Waals surface area contributed by atoms with Gasteiger partial charge in [0, 0.05) is 36.6 Å². The quantitative estimate of drug-likeness (QED) is 0.736. The molecule has 2 heterocycles. The third kappa shape index (κ3) is 1.72. The van der Waals surface area contributed by atoms with Gasteiger partial charge >= 0.3 is 0 Å². The molecule has 1 aliphatic heterocycles. The van der Waals surface area contributed by atoms with Crippen LogP contribution in [0, 0.1) is 13.8 Å². The zero-order chi connectivity index (χ0) is 11.0. The number of aryl methyl sites for hydroxylation is 1. The maximum Gasteiger partial charge on any atom is 0.228 e. The third-order valence-corrected chi connectivity index (χ3v) is 2.87. The van der Waals surface area contributed by atoms with Crippen LogP contribution in [-0.2, 0) is 4.79 Å². The summed E-state index contributed by atoms with van der Waals surface area (Å²) in [6.45, 7) is 4.54. The standard InChI is InChI=1S/C11H15N3O/c1-7-8(2)13-4-3-10(7)14-6-9(12)5-11(14)15/h3-4,9H,5-6,12H2,1-2H3. The van der Waals surface area contributed by atoms with Crippen molar-refractivity contribution in [1.82, 2.24) is 4.98 Å². The second-order valence-corrected chi connectivity index (χ2v) is 4.01. The van der Waals surface area contributed by atoms with Crippen LogP contribution in [0.3, 0.4) is 0 Å². The first-order valence-electron chi connectivity index (χ1n) is 5.07. The minimum atomic E-state index is -0.0367. The SMILES string of the molecule is Cc1nccc(N2CC(N)CC2=O)c1C. The van der Waals surface area contributed by atoms with Crippen LogP contribution in [0.1, 0.15) is 17.7 Å². The van der Waals surface area contributed by atoms with Crippen LogP contribution in [0.5, 0.6) is 0 Å². The number of carbonyl (C=O) groups is 1. The van der Waals surface area contributed by atoms with Crippen molar-refractivity contribution < 1.29 is 4.79 Å². The Hall–Kier alpha value is -1.42. The minimum absolute atomic E-state index is 0.0367. The number of hydrogen-bond donors (Lipinski definition) is 1. The number of amides is 1. The van der Waals surface area contributed by atoms with E-state index in [0.717, 1.165) is 16.9 Å². The number of pyridine rings is 1. The van der Waals surface area contributed by atoms with Gasteiger partial charge < -0.3 is 10.6 Å². The van der Waals surface area contributed by atoms with Gasteiger partial charge in [0.1, 0.15) is 0 Å². The Morgan fingerprint density at radius 1 is 1.53 bits per heavy atom. The average Bonchev–Trinajstić information content (AvgIpc) is 2.50. The molecule has 2 rings (SSSR count). The molecule has 15 heavy (non-hydrogen) atoms. The number of hydrogen-bond acceptors (Lipinski definition) is 3. The predicted octanol–water partition coefficient (Wildman–Crippen LogP) is 0.762. The fraction of sp³-hybridized carbons (Fsp3) is 0.455. The molecule has 80 valence electrons. The van der Waals surface area contributed by atoms with Crippen molar-refractivity contribution in [2.45, 2.75) is 26.3 Å². The van der Waals surface area contributed by atoms with Crippen molar-refractivity contribution in [2.24, 2.45) is 5.73 Å². The van der Waals surface area contributed by atoms with E-state index in [-0.39, 0.29) is 11.9 Å². The second kappa shape index (κ2) is 3.62. The zero-order valence-electron chi connectivity index (χ0n) is 9.03. The Labute approximate surface area is 89.1 Å². The summed E-state index contributed by atoms with van der Waals surface area (Å²) in [4.78, 5) is 17.6. The molecule has 1 unspecified atom stereocenters. The molecule has 0 saturated carbocycles. The summed E-state index contributed by atoms with van der Waals surface area (Å²) in [7, 11) is 0. The van der Waals surface area contributed by atoms with Crippen LogP contribution in [0.25, 0.3) is 0 Å². The molecule has 1 fully saturated rings. The summed E-state index contributed by atoms with van der Waals surface area (Å²) in [6.07, 6.45) is 2.18. The highest BCUT2D eigenvalue weighted by Crippen LogP contribution is 2.25. The van der Waals surface area contributed by atoms with Gasteiger partial charge in [-0.15, -0.1) is 0 Å². The van der Waals surface area contributed by atoms with Gasteiger partial charge in [-0.25, -0.2) is 0 Å². The van der Waals surface area contributed by atoms with Gasteiger partial charge in [0.2, 0.25) is 5.91 Å². The van der Waals surface area contributed by atoms with Gasteiger partial charge in [-0.1, -0.05) is 0 Å². The van der Waals surface area contributed by atoms with E-state index in [0.29, 0.717) is 13.0 Å². The highest BCUT2D eigenvalue weighted by atomic mass is 16.2. The third-order valence-electron chi connectivity index (χ3n) is 2.87. The molecule has 1 saturated heterocycles. The fourth-order valence-corrected chi connectivity index (χ4v) is 1.89. The minimum Gasteiger partial charge on any atom is -0.326 e. The van der Waals surface area contributed by atoms with Crippen LogP contribution < -0.4 is 10.6 Å². The van der Waals surface area contributed by atoms with Crippen molar-refractivity contribution in [3.05, 3.63) is 23.5 Å². The first kappa shape index (κ1) is 10.1. The van der Waals surface area contributed by atoms with E-state index < -0.39 is 0 Å². The summed E-state index contributed by atoms with van der Waals surface area (Å²) >= 11 is 0. The van der Waals surface area contributed by atoms with E-state index >= 15 is 0 Å². The molecule has 1 amide bonds. The number of anilines is 1. The van der Waals surface area contributed by atoms with Crippen molar-refractivity contribution >= 4 is 11.6 Å². The van der Waals surface area contributed by atoms with Gasteiger partial charge in [0.25, 0.3) is 0 Å². The van der Waals surface area contributed by atoms with E-state index in [4.69, 9.17) is 5.73 Å². The Morgan fingerprint density at radius 2 is 2.27 bits per heavy atom. The number of aromatic nitrogens is 1. The number of nitrogens with zero attached hydrogens (tertiary/aromatic N) is 2. The van der Waals surface area contributed by atoms with Gasteiger partial charge in [0.15, 0.2) is 0 Å². The lowest BCUT2D eigenvalue weighted by atomic mass is 10.2. The van der Waals surface area contributed by atoms with E-state index in [2.05, 4.69) is 4.98 Å². The highest BCUT2D eigenvalue weighted by Gasteiger charge is 2.29. The average molecular weight is 205 g/mol. The molecule has 0 radical (unpaired) electrons. The van der Waals surface area contributed by atoms with E-state index in [1.807, 2.05) is 19.9 Å². The molecule has 0 aromatic carbocycles. The first-order valence-corrected chi connectivity index (χ1v) is 5.07. The smallest absolute Gasteiger partial charge is 0.228 e. The molecule has 0 bridgehead atoms. The maximum atomic E-state index is 11.7. The summed E-state index contributed by atoms with van der Waals surface area (Å²) in [5.41, 5.74) is 8.72. The number of nitrogens with two attached hydrogens (primary N) is 1. The number of rotatable bonds is 1. The molecular formula is C11H15N3O. The Kier molecular flexibility index (Phi) is 2.44. The van der Waals surface area contributed by atoms with Crippen LogP contribution >= 0.6 is 0 Å². The normalized spacial score (nSPS) is 21.1. The molecule has 1 aliphatic rings. The van der Waals surface area contributed by atoms with Crippen LogP contribution in [0.15, 0.2) is 12.3 Å². The van der Waals surface area contributed by atoms with E-state index in [1.165, 1.54) is 0 Å². The first-order chi connectivity index (χ1) is 7.09. The molecule has 0 spiro atoms.